The van der Waals surface area contributed by atoms with Crippen LogP contribution in [0.25, 0.3) is 0 Å². The molecule has 1 saturated carbocycles. The second kappa shape index (κ2) is 4.33. The summed E-state index contributed by atoms with van der Waals surface area (Å²) in [4.78, 5) is 10.2. The molecule has 1 aliphatic carbocycles. The Balaban J connectivity index is 2.38. The van der Waals surface area contributed by atoms with Gasteiger partial charge in [-0.05, 0) is 42.9 Å². The normalized spacial score (nSPS) is 17.5. The maximum absolute atomic E-state index is 10.8. The molecule has 0 spiro atoms. The molecule has 0 aromatic heterocycles. The molecule has 0 amide bonds. The summed E-state index contributed by atoms with van der Waals surface area (Å²) in [5.41, 5.74) is 6.31. The molecular weight excluding hydrogens is 220 g/mol. The van der Waals surface area contributed by atoms with Gasteiger partial charge in [-0.2, -0.15) is 0 Å². The van der Waals surface area contributed by atoms with Crippen LogP contribution in [-0.4, -0.2) is 16.6 Å². The first-order valence-corrected chi connectivity index (χ1v) is 5.77. The van der Waals surface area contributed by atoms with Crippen molar-refractivity contribution >= 4 is 5.69 Å². The van der Waals surface area contributed by atoms with Crippen LogP contribution in [0.15, 0.2) is 18.2 Å². The topological polar surface area (TPSA) is 89.4 Å². The summed E-state index contributed by atoms with van der Waals surface area (Å²) in [7, 11) is 0. The van der Waals surface area contributed by atoms with Crippen LogP contribution in [0.4, 0.5) is 5.69 Å². The van der Waals surface area contributed by atoms with Crippen molar-refractivity contribution in [3.05, 3.63) is 33.9 Å². The first-order valence-electron chi connectivity index (χ1n) is 5.77. The van der Waals surface area contributed by atoms with Crippen molar-refractivity contribution in [2.45, 2.75) is 31.1 Å². The Kier molecular flexibility index (Phi) is 3.02. The zero-order chi connectivity index (χ0) is 12.5. The fraction of sp³-hybridized carbons (Fsp3) is 0.500. The Morgan fingerprint density at radius 3 is 2.65 bits per heavy atom. The van der Waals surface area contributed by atoms with E-state index in [1.54, 1.807) is 6.07 Å². The molecule has 1 aromatic rings. The van der Waals surface area contributed by atoms with E-state index in [0.717, 1.165) is 31.2 Å². The monoisotopic (exact) mass is 236 g/mol. The second-order valence-electron chi connectivity index (χ2n) is 4.63. The molecule has 0 saturated heterocycles. The number of hydrogen-bond donors (Lipinski definition) is 2. The summed E-state index contributed by atoms with van der Waals surface area (Å²) in [5, 5.41) is 20.2. The van der Waals surface area contributed by atoms with E-state index in [4.69, 9.17) is 5.73 Å². The molecule has 0 atom stereocenters. The van der Waals surface area contributed by atoms with Crippen molar-refractivity contribution in [2.24, 2.45) is 5.73 Å². The predicted molar refractivity (Wildman–Crippen MR) is 64.0 cm³/mol. The standard InChI is InChI=1S/C12H16N2O3/c13-7-6-12(4-1-5-12)9-2-3-11(15)10(8-9)14(16)17/h2-3,8,15H,1,4-7,13H2. The number of nitrogens with two attached hydrogens (primary N) is 1. The highest BCUT2D eigenvalue weighted by atomic mass is 16.6. The molecule has 1 fully saturated rings. The first-order chi connectivity index (χ1) is 8.09. The number of nitro benzene ring substituents is 1. The number of aromatic hydroxyl groups is 1. The molecule has 0 unspecified atom stereocenters. The average molecular weight is 236 g/mol. The summed E-state index contributed by atoms with van der Waals surface area (Å²) < 4.78 is 0. The van der Waals surface area contributed by atoms with Crippen molar-refractivity contribution in [1.29, 1.82) is 0 Å². The van der Waals surface area contributed by atoms with Gasteiger partial charge >= 0.3 is 5.69 Å². The van der Waals surface area contributed by atoms with E-state index in [1.165, 1.54) is 12.1 Å². The average Bonchev–Trinajstić information content (AvgIpc) is 2.24. The fourth-order valence-corrected chi connectivity index (χ4v) is 2.56. The lowest BCUT2D eigenvalue weighted by Crippen LogP contribution is -2.36. The van der Waals surface area contributed by atoms with Gasteiger partial charge < -0.3 is 10.8 Å². The van der Waals surface area contributed by atoms with E-state index >= 15 is 0 Å². The van der Waals surface area contributed by atoms with Crippen LogP contribution in [0.2, 0.25) is 0 Å². The highest BCUT2D eigenvalue weighted by molar-refractivity contribution is 5.50. The Labute approximate surface area is 99.4 Å². The predicted octanol–water partition coefficient (Wildman–Crippen LogP) is 2.07. The van der Waals surface area contributed by atoms with Gasteiger partial charge in [0.2, 0.25) is 0 Å². The highest BCUT2D eigenvalue weighted by Crippen LogP contribution is 2.47. The van der Waals surface area contributed by atoms with Crippen LogP contribution in [0.5, 0.6) is 5.75 Å². The zero-order valence-electron chi connectivity index (χ0n) is 9.56. The van der Waals surface area contributed by atoms with Gasteiger partial charge in [0.25, 0.3) is 0 Å². The third kappa shape index (κ3) is 1.98. The van der Waals surface area contributed by atoms with Crippen molar-refractivity contribution in [3.8, 4) is 5.75 Å². The van der Waals surface area contributed by atoms with E-state index in [1.807, 2.05) is 0 Å². The van der Waals surface area contributed by atoms with Gasteiger partial charge in [-0.25, -0.2) is 0 Å². The van der Waals surface area contributed by atoms with Gasteiger partial charge in [-0.3, -0.25) is 10.1 Å². The number of nitro groups is 1. The molecule has 0 aliphatic heterocycles. The maximum atomic E-state index is 10.8. The lowest BCUT2D eigenvalue weighted by atomic mass is 9.62. The molecule has 0 bridgehead atoms. The molecule has 1 aromatic carbocycles. The number of rotatable bonds is 4. The lowest BCUT2D eigenvalue weighted by Gasteiger charge is -2.42. The summed E-state index contributed by atoms with van der Waals surface area (Å²) in [6, 6.07) is 4.67. The molecular formula is C12H16N2O3. The zero-order valence-corrected chi connectivity index (χ0v) is 9.56. The summed E-state index contributed by atoms with van der Waals surface area (Å²) >= 11 is 0. The van der Waals surface area contributed by atoms with Crippen molar-refractivity contribution in [1.82, 2.24) is 0 Å². The first kappa shape index (κ1) is 11.9. The van der Waals surface area contributed by atoms with Crippen molar-refractivity contribution < 1.29 is 10.0 Å². The Hall–Kier alpha value is -1.62. The number of nitrogens with zero attached hydrogens (tertiary/aromatic N) is 1. The molecule has 5 nitrogen and oxygen atoms in total. The van der Waals surface area contributed by atoms with Crippen LogP contribution < -0.4 is 5.73 Å². The molecule has 0 heterocycles. The molecule has 92 valence electrons. The van der Waals surface area contributed by atoms with E-state index in [9.17, 15) is 15.2 Å². The van der Waals surface area contributed by atoms with E-state index < -0.39 is 4.92 Å². The van der Waals surface area contributed by atoms with Crippen molar-refractivity contribution in [3.63, 3.8) is 0 Å². The van der Waals surface area contributed by atoms with E-state index in [-0.39, 0.29) is 16.9 Å². The molecule has 1 aliphatic rings. The SMILES string of the molecule is NCCC1(c2ccc(O)c([N+](=O)[O-])c2)CCC1. The Morgan fingerprint density at radius 2 is 2.18 bits per heavy atom. The Morgan fingerprint density at radius 1 is 1.47 bits per heavy atom. The van der Waals surface area contributed by atoms with Gasteiger partial charge in [0, 0.05) is 6.07 Å². The summed E-state index contributed by atoms with van der Waals surface area (Å²) in [6.45, 7) is 0.578. The fourth-order valence-electron chi connectivity index (χ4n) is 2.56. The molecule has 2 rings (SSSR count). The lowest BCUT2D eigenvalue weighted by molar-refractivity contribution is -0.386. The second-order valence-corrected chi connectivity index (χ2v) is 4.63. The van der Waals surface area contributed by atoms with Crippen LogP contribution >= 0.6 is 0 Å². The van der Waals surface area contributed by atoms with Gasteiger partial charge in [-0.15, -0.1) is 0 Å². The van der Waals surface area contributed by atoms with Crippen molar-refractivity contribution in [2.75, 3.05) is 6.54 Å². The smallest absolute Gasteiger partial charge is 0.310 e. The summed E-state index contributed by atoms with van der Waals surface area (Å²) in [5.74, 6) is -0.277. The van der Waals surface area contributed by atoms with Crippen LogP contribution in [-0.2, 0) is 5.41 Å². The van der Waals surface area contributed by atoms with Gasteiger partial charge in [-0.1, -0.05) is 12.5 Å². The third-order valence-corrected chi connectivity index (χ3v) is 3.72. The largest absolute Gasteiger partial charge is 0.502 e. The quantitative estimate of drug-likeness (QED) is 0.618. The van der Waals surface area contributed by atoms with Gasteiger partial charge in [0.15, 0.2) is 5.75 Å². The van der Waals surface area contributed by atoms with Crippen LogP contribution in [0, 0.1) is 10.1 Å². The molecule has 0 radical (unpaired) electrons. The maximum Gasteiger partial charge on any atom is 0.310 e. The molecule has 3 N–H and O–H groups in total. The number of hydrogen-bond acceptors (Lipinski definition) is 4. The van der Waals surface area contributed by atoms with Gasteiger partial charge in [0.05, 0.1) is 4.92 Å². The van der Waals surface area contributed by atoms with E-state index in [0.29, 0.717) is 6.54 Å². The van der Waals surface area contributed by atoms with Gasteiger partial charge in [0.1, 0.15) is 0 Å². The molecule has 17 heavy (non-hydrogen) atoms. The molecule has 5 heteroatoms. The number of phenolic OH excluding ortho intramolecular Hbond substituents is 1. The van der Waals surface area contributed by atoms with E-state index in [2.05, 4.69) is 0 Å². The summed E-state index contributed by atoms with van der Waals surface area (Å²) in [6.07, 6.45) is 4.02. The Bertz CT molecular complexity index is 441. The number of benzene rings is 1. The van der Waals surface area contributed by atoms with Crippen LogP contribution in [0.1, 0.15) is 31.2 Å². The van der Waals surface area contributed by atoms with Crippen LogP contribution in [0.3, 0.4) is 0 Å². The highest BCUT2D eigenvalue weighted by Gasteiger charge is 2.38. The minimum Gasteiger partial charge on any atom is -0.502 e. The number of phenols is 1. The third-order valence-electron chi connectivity index (χ3n) is 3.72. The minimum absolute atomic E-state index is 0.00674. The minimum atomic E-state index is -0.548.